The van der Waals surface area contributed by atoms with Crippen molar-refractivity contribution in [2.45, 2.75) is 20.4 Å². The van der Waals surface area contributed by atoms with Crippen LogP contribution in [-0.4, -0.2) is 55.9 Å². The van der Waals surface area contributed by atoms with Gasteiger partial charge in [-0.15, -0.1) is 0 Å². The summed E-state index contributed by atoms with van der Waals surface area (Å²) in [7, 11) is 0. The standard InChI is InChI=1S/C15H25N3O2/c1-3-16-12-14-15(5-4-13(2)17-14)20-11-8-18-6-9-19-10-7-18/h4-5,16H,3,6-12H2,1-2H3. The molecule has 0 spiro atoms. The molecule has 1 fully saturated rings. The van der Waals surface area contributed by atoms with Crippen LogP contribution in [0.3, 0.4) is 0 Å². The monoisotopic (exact) mass is 279 g/mol. The number of pyridine rings is 1. The molecule has 1 saturated heterocycles. The summed E-state index contributed by atoms with van der Waals surface area (Å²) in [6.07, 6.45) is 0. The minimum Gasteiger partial charge on any atom is -0.490 e. The average Bonchev–Trinajstić information content (AvgIpc) is 2.48. The van der Waals surface area contributed by atoms with Crippen molar-refractivity contribution < 1.29 is 9.47 Å². The quantitative estimate of drug-likeness (QED) is 0.813. The highest BCUT2D eigenvalue weighted by atomic mass is 16.5. The minimum atomic E-state index is 0.698. The number of aryl methyl sites for hydroxylation is 1. The van der Waals surface area contributed by atoms with Gasteiger partial charge in [0, 0.05) is 31.9 Å². The Morgan fingerprint density at radius 3 is 2.90 bits per heavy atom. The van der Waals surface area contributed by atoms with E-state index < -0.39 is 0 Å². The van der Waals surface area contributed by atoms with Gasteiger partial charge in [-0.05, 0) is 25.6 Å². The van der Waals surface area contributed by atoms with Crippen LogP contribution in [0.15, 0.2) is 12.1 Å². The molecule has 0 aliphatic carbocycles. The molecule has 20 heavy (non-hydrogen) atoms. The van der Waals surface area contributed by atoms with Crippen LogP contribution in [0.5, 0.6) is 5.75 Å². The Hall–Kier alpha value is -1.17. The largest absolute Gasteiger partial charge is 0.490 e. The summed E-state index contributed by atoms with van der Waals surface area (Å²) in [5.74, 6) is 0.893. The molecule has 0 unspecified atom stereocenters. The number of nitrogens with one attached hydrogen (secondary N) is 1. The van der Waals surface area contributed by atoms with Gasteiger partial charge in [0.05, 0.1) is 18.9 Å². The lowest BCUT2D eigenvalue weighted by atomic mass is 10.3. The van der Waals surface area contributed by atoms with Crippen LogP contribution in [0.25, 0.3) is 0 Å². The normalized spacial score (nSPS) is 16.3. The SMILES string of the molecule is CCNCc1nc(C)ccc1OCCN1CCOCC1. The predicted octanol–water partition coefficient (Wildman–Crippen LogP) is 1.21. The van der Waals surface area contributed by atoms with Crippen molar-refractivity contribution in [1.82, 2.24) is 15.2 Å². The van der Waals surface area contributed by atoms with Crippen LogP contribution >= 0.6 is 0 Å². The zero-order valence-electron chi connectivity index (χ0n) is 12.5. The smallest absolute Gasteiger partial charge is 0.142 e. The maximum Gasteiger partial charge on any atom is 0.142 e. The van der Waals surface area contributed by atoms with Crippen LogP contribution < -0.4 is 10.1 Å². The highest BCUT2D eigenvalue weighted by molar-refractivity contribution is 5.29. The Kier molecular flexibility index (Phi) is 6.24. The molecule has 1 aliphatic heterocycles. The summed E-state index contributed by atoms with van der Waals surface area (Å²) in [5.41, 5.74) is 2.02. The lowest BCUT2D eigenvalue weighted by molar-refractivity contribution is 0.0321. The molecule has 0 radical (unpaired) electrons. The molecule has 0 bridgehead atoms. The second-order valence-corrected chi connectivity index (χ2v) is 4.98. The number of rotatable bonds is 7. The number of morpholine rings is 1. The summed E-state index contributed by atoms with van der Waals surface area (Å²) in [6, 6.07) is 4.02. The van der Waals surface area contributed by atoms with E-state index in [1.54, 1.807) is 0 Å². The molecule has 0 atom stereocenters. The fourth-order valence-electron chi connectivity index (χ4n) is 2.21. The highest BCUT2D eigenvalue weighted by Crippen LogP contribution is 2.16. The Morgan fingerprint density at radius 2 is 2.15 bits per heavy atom. The van der Waals surface area contributed by atoms with E-state index in [4.69, 9.17) is 9.47 Å². The van der Waals surface area contributed by atoms with E-state index in [1.807, 2.05) is 19.1 Å². The Bertz CT molecular complexity index is 406. The molecule has 0 aromatic carbocycles. The Balaban J connectivity index is 1.84. The molecule has 0 amide bonds. The third-order valence-electron chi connectivity index (χ3n) is 3.38. The van der Waals surface area contributed by atoms with Gasteiger partial charge in [0.1, 0.15) is 12.4 Å². The van der Waals surface area contributed by atoms with E-state index in [9.17, 15) is 0 Å². The molecule has 1 aromatic heterocycles. The van der Waals surface area contributed by atoms with Gasteiger partial charge < -0.3 is 14.8 Å². The zero-order chi connectivity index (χ0) is 14.2. The molecular formula is C15H25N3O2. The van der Waals surface area contributed by atoms with Gasteiger partial charge >= 0.3 is 0 Å². The highest BCUT2D eigenvalue weighted by Gasteiger charge is 2.11. The second kappa shape index (κ2) is 8.19. The summed E-state index contributed by atoms with van der Waals surface area (Å²) < 4.78 is 11.2. The number of nitrogens with zero attached hydrogens (tertiary/aromatic N) is 2. The lowest BCUT2D eigenvalue weighted by Gasteiger charge is -2.26. The first-order valence-electron chi connectivity index (χ1n) is 7.39. The molecule has 2 heterocycles. The first kappa shape index (κ1) is 15.2. The van der Waals surface area contributed by atoms with Crippen molar-refractivity contribution in [3.8, 4) is 5.75 Å². The lowest BCUT2D eigenvalue weighted by Crippen LogP contribution is -2.38. The van der Waals surface area contributed by atoms with Crippen LogP contribution in [0, 0.1) is 6.92 Å². The summed E-state index contributed by atoms with van der Waals surface area (Å²) >= 11 is 0. The fraction of sp³-hybridized carbons (Fsp3) is 0.667. The summed E-state index contributed by atoms with van der Waals surface area (Å²) in [6.45, 7) is 11.1. The molecule has 5 heteroatoms. The molecule has 2 rings (SSSR count). The Morgan fingerprint density at radius 1 is 1.35 bits per heavy atom. The van der Waals surface area contributed by atoms with Gasteiger partial charge in [-0.3, -0.25) is 9.88 Å². The second-order valence-electron chi connectivity index (χ2n) is 4.98. The van der Waals surface area contributed by atoms with Crippen molar-refractivity contribution in [2.75, 3.05) is 46.0 Å². The van der Waals surface area contributed by atoms with E-state index in [0.717, 1.165) is 63.1 Å². The first-order chi connectivity index (χ1) is 9.79. The van der Waals surface area contributed by atoms with E-state index >= 15 is 0 Å². The maximum absolute atomic E-state index is 5.91. The third kappa shape index (κ3) is 4.74. The molecule has 1 aromatic rings. The predicted molar refractivity (Wildman–Crippen MR) is 79.1 cm³/mol. The van der Waals surface area contributed by atoms with Crippen LogP contribution in [0.1, 0.15) is 18.3 Å². The van der Waals surface area contributed by atoms with Gasteiger partial charge in [0.2, 0.25) is 0 Å². The van der Waals surface area contributed by atoms with Crippen LogP contribution in [-0.2, 0) is 11.3 Å². The number of hydrogen-bond donors (Lipinski definition) is 1. The van der Waals surface area contributed by atoms with Crippen molar-refractivity contribution in [3.63, 3.8) is 0 Å². The molecule has 1 aliphatic rings. The molecule has 0 saturated carbocycles. The number of ether oxygens (including phenoxy) is 2. The Labute approximate surface area is 121 Å². The van der Waals surface area contributed by atoms with Crippen molar-refractivity contribution in [3.05, 3.63) is 23.5 Å². The van der Waals surface area contributed by atoms with Crippen molar-refractivity contribution >= 4 is 0 Å². The summed E-state index contributed by atoms with van der Waals surface area (Å²) in [5, 5.41) is 3.30. The minimum absolute atomic E-state index is 0.698. The molecule has 5 nitrogen and oxygen atoms in total. The topological polar surface area (TPSA) is 46.6 Å². The van der Waals surface area contributed by atoms with Crippen molar-refractivity contribution in [1.29, 1.82) is 0 Å². The molecule has 112 valence electrons. The third-order valence-corrected chi connectivity index (χ3v) is 3.38. The van der Waals surface area contributed by atoms with Gasteiger partial charge in [-0.1, -0.05) is 6.92 Å². The molecule has 1 N–H and O–H groups in total. The van der Waals surface area contributed by atoms with E-state index in [2.05, 4.69) is 22.1 Å². The van der Waals surface area contributed by atoms with E-state index in [0.29, 0.717) is 6.61 Å². The molecular weight excluding hydrogens is 254 g/mol. The number of hydrogen-bond acceptors (Lipinski definition) is 5. The van der Waals surface area contributed by atoms with Crippen LogP contribution in [0.4, 0.5) is 0 Å². The van der Waals surface area contributed by atoms with Gasteiger partial charge in [-0.2, -0.15) is 0 Å². The first-order valence-corrected chi connectivity index (χ1v) is 7.39. The van der Waals surface area contributed by atoms with Gasteiger partial charge in [0.25, 0.3) is 0 Å². The van der Waals surface area contributed by atoms with Gasteiger partial charge in [0.15, 0.2) is 0 Å². The van der Waals surface area contributed by atoms with Crippen molar-refractivity contribution in [2.24, 2.45) is 0 Å². The van der Waals surface area contributed by atoms with Gasteiger partial charge in [-0.25, -0.2) is 0 Å². The maximum atomic E-state index is 5.91. The average molecular weight is 279 g/mol. The fourth-order valence-corrected chi connectivity index (χ4v) is 2.21. The van der Waals surface area contributed by atoms with E-state index in [-0.39, 0.29) is 0 Å². The summed E-state index contributed by atoms with van der Waals surface area (Å²) in [4.78, 5) is 6.93. The van der Waals surface area contributed by atoms with E-state index in [1.165, 1.54) is 0 Å². The number of aromatic nitrogens is 1. The zero-order valence-corrected chi connectivity index (χ0v) is 12.5. The van der Waals surface area contributed by atoms with Crippen LogP contribution in [0.2, 0.25) is 0 Å².